The summed E-state index contributed by atoms with van der Waals surface area (Å²) in [6.07, 6.45) is 3.93. The SMILES string of the molecule is CCc1nn(CC)c(CC2(C(C)O)CC2)c1Br. The highest BCUT2D eigenvalue weighted by Crippen LogP contribution is 2.52. The Kier molecular flexibility index (Phi) is 3.64. The number of halogens is 1. The molecule has 4 heteroatoms. The van der Waals surface area contributed by atoms with Gasteiger partial charge in [0.25, 0.3) is 0 Å². The van der Waals surface area contributed by atoms with Gasteiger partial charge in [-0.3, -0.25) is 4.68 Å². The predicted octanol–water partition coefficient (Wildman–Crippen LogP) is 2.93. The Labute approximate surface area is 111 Å². The maximum Gasteiger partial charge on any atom is 0.0766 e. The third kappa shape index (κ3) is 2.29. The summed E-state index contributed by atoms with van der Waals surface area (Å²) in [4.78, 5) is 0. The lowest BCUT2D eigenvalue weighted by atomic mass is 9.94. The molecule has 1 aromatic rings. The quantitative estimate of drug-likeness (QED) is 0.908. The van der Waals surface area contributed by atoms with E-state index < -0.39 is 0 Å². The third-order valence-electron chi connectivity index (χ3n) is 3.99. The fourth-order valence-corrected chi connectivity index (χ4v) is 3.13. The lowest BCUT2D eigenvalue weighted by Crippen LogP contribution is -2.22. The van der Waals surface area contributed by atoms with E-state index in [4.69, 9.17) is 0 Å². The maximum absolute atomic E-state index is 9.88. The number of aliphatic hydroxyl groups is 1. The molecule has 0 spiro atoms. The van der Waals surface area contributed by atoms with Crippen LogP contribution in [0.3, 0.4) is 0 Å². The van der Waals surface area contributed by atoms with Gasteiger partial charge in [0, 0.05) is 12.0 Å². The van der Waals surface area contributed by atoms with Crippen molar-refractivity contribution in [2.75, 3.05) is 0 Å². The number of nitrogens with zero attached hydrogens (tertiary/aromatic N) is 2. The molecule has 1 aliphatic rings. The predicted molar refractivity (Wildman–Crippen MR) is 72.0 cm³/mol. The molecule has 0 aromatic carbocycles. The summed E-state index contributed by atoms with van der Waals surface area (Å²) in [7, 11) is 0. The van der Waals surface area contributed by atoms with Crippen LogP contribution >= 0.6 is 15.9 Å². The van der Waals surface area contributed by atoms with Gasteiger partial charge < -0.3 is 5.11 Å². The van der Waals surface area contributed by atoms with Crippen molar-refractivity contribution in [2.45, 2.75) is 59.1 Å². The minimum Gasteiger partial charge on any atom is -0.393 e. The van der Waals surface area contributed by atoms with E-state index in [1.165, 1.54) is 5.69 Å². The van der Waals surface area contributed by atoms with Gasteiger partial charge in [-0.25, -0.2) is 0 Å². The molecular weight excluding hydrogens is 280 g/mol. The Morgan fingerprint density at radius 2 is 2.12 bits per heavy atom. The van der Waals surface area contributed by atoms with Crippen molar-refractivity contribution in [3.8, 4) is 0 Å². The van der Waals surface area contributed by atoms with E-state index in [0.717, 1.165) is 42.4 Å². The zero-order valence-electron chi connectivity index (χ0n) is 10.8. The molecular formula is C13H21BrN2O. The number of hydrogen-bond donors (Lipinski definition) is 1. The third-order valence-corrected chi connectivity index (χ3v) is 4.91. The fourth-order valence-electron chi connectivity index (χ4n) is 2.42. The molecule has 96 valence electrons. The summed E-state index contributed by atoms with van der Waals surface area (Å²) in [5.74, 6) is 0. The second kappa shape index (κ2) is 4.73. The Morgan fingerprint density at radius 1 is 1.47 bits per heavy atom. The van der Waals surface area contributed by atoms with Crippen LogP contribution < -0.4 is 0 Å². The highest BCUT2D eigenvalue weighted by molar-refractivity contribution is 9.10. The largest absolute Gasteiger partial charge is 0.393 e. The van der Waals surface area contributed by atoms with Crippen LogP contribution in [-0.2, 0) is 19.4 Å². The first-order valence-electron chi connectivity index (χ1n) is 6.46. The summed E-state index contributed by atoms with van der Waals surface area (Å²) in [5, 5.41) is 14.5. The average molecular weight is 301 g/mol. The standard InChI is InChI=1S/C13H21BrN2O/c1-4-10-12(14)11(16(5-2)15-10)8-13(6-7-13)9(3)17/h9,17H,4-8H2,1-3H3. The summed E-state index contributed by atoms with van der Waals surface area (Å²) in [5.41, 5.74) is 2.49. The molecule has 3 nitrogen and oxygen atoms in total. The first kappa shape index (κ1) is 13.1. The van der Waals surface area contributed by atoms with E-state index in [-0.39, 0.29) is 11.5 Å². The lowest BCUT2D eigenvalue weighted by Gasteiger charge is -2.19. The van der Waals surface area contributed by atoms with Crippen LogP contribution in [0.25, 0.3) is 0 Å². The fraction of sp³-hybridized carbons (Fsp3) is 0.769. The molecule has 1 fully saturated rings. The van der Waals surface area contributed by atoms with Gasteiger partial charge in [0.2, 0.25) is 0 Å². The summed E-state index contributed by atoms with van der Waals surface area (Å²) >= 11 is 3.67. The van der Waals surface area contributed by atoms with Crippen LogP contribution in [0.4, 0.5) is 0 Å². The average Bonchev–Trinajstić information content (AvgIpc) is 3.02. The summed E-state index contributed by atoms with van der Waals surface area (Å²) < 4.78 is 3.22. The van der Waals surface area contributed by atoms with Gasteiger partial charge >= 0.3 is 0 Å². The van der Waals surface area contributed by atoms with Crippen LogP contribution in [0.2, 0.25) is 0 Å². The van der Waals surface area contributed by atoms with E-state index in [1.54, 1.807) is 0 Å². The first-order valence-corrected chi connectivity index (χ1v) is 7.25. The summed E-state index contributed by atoms with van der Waals surface area (Å²) in [6, 6.07) is 0. The Bertz CT molecular complexity index is 408. The van der Waals surface area contributed by atoms with Crippen molar-refractivity contribution in [3.05, 3.63) is 15.9 Å². The van der Waals surface area contributed by atoms with Crippen molar-refractivity contribution in [2.24, 2.45) is 5.41 Å². The lowest BCUT2D eigenvalue weighted by molar-refractivity contribution is 0.109. The molecule has 0 bridgehead atoms. The topological polar surface area (TPSA) is 38.0 Å². The Balaban J connectivity index is 2.29. The molecule has 1 aromatic heterocycles. The monoisotopic (exact) mass is 300 g/mol. The zero-order chi connectivity index (χ0) is 12.6. The van der Waals surface area contributed by atoms with Gasteiger partial charge in [-0.2, -0.15) is 5.10 Å². The summed E-state index contributed by atoms with van der Waals surface area (Å²) in [6.45, 7) is 7.04. The molecule has 0 saturated heterocycles. The van der Waals surface area contributed by atoms with Crippen molar-refractivity contribution in [1.29, 1.82) is 0 Å². The van der Waals surface area contributed by atoms with Crippen LogP contribution in [0.15, 0.2) is 4.47 Å². The maximum atomic E-state index is 9.88. The number of aryl methyl sites for hydroxylation is 2. The van der Waals surface area contributed by atoms with Gasteiger partial charge in [-0.1, -0.05) is 6.92 Å². The zero-order valence-corrected chi connectivity index (χ0v) is 12.4. The second-order valence-electron chi connectivity index (χ2n) is 5.09. The van der Waals surface area contributed by atoms with Crippen molar-refractivity contribution >= 4 is 15.9 Å². The van der Waals surface area contributed by atoms with Gasteiger partial charge in [0.05, 0.1) is 22.0 Å². The molecule has 0 aliphatic heterocycles. The molecule has 1 N–H and O–H groups in total. The molecule has 1 heterocycles. The number of rotatable bonds is 5. The van der Waals surface area contributed by atoms with E-state index in [2.05, 4.69) is 39.6 Å². The highest BCUT2D eigenvalue weighted by atomic mass is 79.9. The van der Waals surface area contributed by atoms with E-state index in [1.807, 2.05) is 6.92 Å². The molecule has 1 aliphatic carbocycles. The van der Waals surface area contributed by atoms with Gasteiger partial charge in [-0.15, -0.1) is 0 Å². The molecule has 1 atom stereocenters. The second-order valence-corrected chi connectivity index (χ2v) is 5.88. The smallest absolute Gasteiger partial charge is 0.0766 e. The Hall–Kier alpha value is -0.350. The normalized spacial score (nSPS) is 19.4. The van der Waals surface area contributed by atoms with Crippen LogP contribution in [0.1, 0.15) is 45.0 Å². The minimum absolute atomic E-state index is 0.112. The molecule has 2 rings (SSSR count). The number of aromatic nitrogens is 2. The van der Waals surface area contributed by atoms with E-state index >= 15 is 0 Å². The Morgan fingerprint density at radius 3 is 2.53 bits per heavy atom. The van der Waals surface area contributed by atoms with Gasteiger partial charge in [0.15, 0.2) is 0 Å². The molecule has 17 heavy (non-hydrogen) atoms. The van der Waals surface area contributed by atoms with Crippen molar-refractivity contribution in [1.82, 2.24) is 9.78 Å². The first-order chi connectivity index (χ1) is 8.04. The number of aliphatic hydroxyl groups excluding tert-OH is 1. The molecule has 0 amide bonds. The molecule has 1 unspecified atom stereocenters. The molecule has 0 radical (unpaired) electrons. The minimum atomic E-state index is -0.223. The number of hydrogen-bond acceptors (Lipinski definition) is 2. The molecule has 1 saturated carbocycles. The highest BCUT2D eigenvalue weighted by Gasteiger charge is 2.47. The van der Waals surface area contributed by atoms with Gasteiger partial charge in [0.1, 0.15) is 0 Å². The van der Waals surface area contributed by atoms with Crippen LogP contribution in [-0.4, -0.2) is 21.0 Å². The van der Waals surface area contributed by atoms with Crippen LogP contribution in [0, 0.1) is 5.41 Å². The van der Waals surface area contributed by atoms with E-state index in [9.17, 15) is 5.11 Å². The van der Waals surface area contributed by atoms with Gasteiger partial charge in [-0.05, 0) is 55.5 Å². The van der Waals surface area contributed by atoms with Crippen molar-refractivity contribution in [3.63, 3.8) is 0 Å². The van der Waals surface area contributed by atoms with Crippen molar-refractivity contribution < 1.29 is 5.11 Å². The van der Waals surface area contributed by atoms with Crippen LogP contribution in [0.5, 0.6) is 0 Å². The van der Waals surface area contributed by atoms with E-state index in [0.29, 0.717) is 0 Å².